The van der Waals surface area contributed by atoms with E-state index in [4.69, 9.17) is 23.7 Å². The minimum Gasteiger partial charge on any atom is -0.493 e. The molecule has 10 nitrogen and oxygen atoms in total. The van der Waals surface area contributed by atoms with Gasteiger partial charge in [0.15, 0.2) is 23.0 Å². The fraction of sp³-hybridized carbons (Fsp3) is 0.440. The van der Waals surface area contributed by atoms with Crippen LogP contribution in [0.2, 0.25) is 0 Å². The molecule has 2 amide bonds. The normalized spacial score (nSPS) is 15.8. The van der Waals surface area contributed by atoms with Crippen molar-refractivity contribution in [1.82, 2.24) is 15.5 Å². The predicted molar refractivity (Wildman–Crippen MR) is 127 cm³/mol. The van der Waals surface area contributed by atoms with Crippen molar-refractivity contribution in [2.75, 3.05) is 60.4 Å². The van der Waals surface area contributed by atoms with Crippen LogP contribution in [0.25, 0.3) is 0 Å². The summed E-state index contributed by atoms with van der Waals surface area (Å²) in [5.41, 5.74) is 1.93. The zero-order valence-corrected chi connectivity index (χ0v) is 20.0. The first-order valence-electron chi connectivity index (χ1n) is 11.6. The number of nitrogens with one attached hydrogen (secondary N) is 2. The lowest BCUT2D eigenvalue weighted by molar-refractivity contribution is -0.139. The number of carbonyl (C=O) groups is 2. The van der Waals surface area contributed by atoms with Gasteiger partial charge in [-0.05, 0) is 41.8 Å². The van der Waals surface area contributed by atoms with E-state index in [1.807, 2.05) is 36.4 Å². The molecular formula is C25H31N3O7. The van der Waals surface area contributed by atoms with Gasteiger partial charge in [0.2, 0.25) is 6.79 Å². The van der Waals surface area contributed by atoms with Gasteiger partial charge in [0.05, 0.1) is 33.5 Å². The highest BCUT2D eigenvalue weighted by Crippen LogP contribution is 2.35. The second-order valence-electron chi connectivity index (χ2n) is 8.18. The molecule has 2 aromatic rings. The van der Waals surface area contributed by atoms with E-state index >= 15 is 0 Å². The first-order chi connectivity index (χ1) is 17.1. The van der Waals surface area contributed by atoms with Gasteiger partial charge in [-0.1, -0.05) is 12.1 Å². The molecule has 0 bridgehead atoms. The summed E-state index contributed by atoms with van der Waals surface area (Å²) in [6.45, 7) is 3.48. The van der Waals surface area contributed by atoms with Crippen LogP contribution in [0.5, 0.6) is 23.0 Å². The molecule has 4 rings (SSSR count). The van der Waals surface area contributed by atoms with E-state index < -0.39 is 11.8 Å². The lowest BCUT2D eigenvalue weighted by Crippen LogP contribution is -2.47. The average molecular weight is 486 g/mol. The van der Waals surface area contributed by atoms with Gasteiger partial charge in [-0.25, -0.2) is 0 Å². The van der Waals surface area contributed by atoms with Crippen LogP contribution < -0.4 is 29.6 Å². The fourth-order valence-corrected chi connectivity index (χ4v) is 4.17. The molecule has 2 N–H and O–H groups in total. The molecule has 2 aromatic carbocycles. The van der Waals surface area contributed by atoms with Crippen LogP contribution in [0, 0.1) is 0 Å². The quantitative estimate of drug-likeness (QED) is 0.512. The summed E-state index contributed by atoms with van der Waals surface area (Å²) in [7, 11) is 3.15. The van der Waals surface area contributed by atoms with E-state index in [9.17, 15) is 9.59 Å². The lowest BCUT2D eigenvalue weighted by Gasteiger charge is -2.34. The molecule has 2 aliphatic rings. The molecule has 0 saturated carbocycles. The van der Waals surface area contributed by atoms with Gasteiger partial charge >= 0.3 is 11.8 Å². The summed E-state index contributed by atoms with van der Waals surface area (Å²) < 4.78 is 26.9. The number of hydrogen-bond acceptors (Lipinski definition) is 8. The number of methoxy groups -OCH3 is 2. The molecule has 10 heteroatoms. The monoisotopic (exact) mass is 485 g/mol. The lowest BCUT2D eigenvalue weighted by atomic mass is 10.0. The largest absolute Gasteiger partial charge is 0.493 e. The first kappa shape index (κ1) is 24.6. The number of rotatable bonds is 9. The second kappa shape index (κ2) is 11.8. The average Bonchev–Trinajstić information content (AvgIpc) is 3.37. The molecule has 1 atom stereocenters. The summed E-state index contributed by atoms with van der Waals surface area (Å²) >= 11 is 0. The molecular weight excluding hydrogens is 454 g/mol. The van der Waals surface area contributed by atoms with Gasteiger partial charge in [0.25, 0.3) is 0 Å². The van der Waals surface area contributed by atoms with Crippen LogP contribution in [-0.4, -0.2) is 77.1 Å². The summed E-state index contributed by atoms with van der Waals surface area (Å²) in [5, 5.41) is 5.47. The number of fused-ring (bicyclic) bond motifs is 1. The Balaban J connectivity index is 1.32. The van der Waals surface area contributed by atoms with Crippen LogP contribution >= 0.6 is 0 Å². The van der Waals surface area contributed by atoms with Gasteiger partial charge in [-0.3, -0.25) is 14.5 Å². The Labute approximate surface area is 204 Å². The Hall–Kier alpha value is -3.50. The standard InChI is InChI=1S/C25H31N3O7/c1-31-20-5-3-17(13-22(20)32-2)7-8-26-24(29)25(30)27-15-19(28-9-11-33-12-10-28)18-4-6-21-23(14-18)35-16-34-21/h3-6,13-14,19H,7-12,15-16H2,1-2H3,(H,26,29)(H,27,30)/t19-/m0/s1. The van der Waals surface area contributed by atoms with Crippen LogP contribution in [-0.2, 0) is 20.7 Å². The van der Waals surface area contributed by atoms with Crippen LogP contribution in [0.4, 0.5) is 0 Å². The predicted octanol–water partition coefficient (Wildman–Crippen LogP) is 1.28. The molecule has 0 aromatic heterocycles. The number of carbonyl (C=O) groups excluding carboxylic acids is 2. The molecule has 1 saturated heterocycles. The SMILES string of the molecule is COc1ccc(CCNC(=O)C(=O)NC[C@@H](c2ccc3c(c2)OCO3)N2CCOCC2)cc1OC. The van der Waals surface area contributed by atoms with Gasteiger partial charge in [-0.2, -0.15) is 0 Å². The van der Waals surface area contributed by atoms with Gasteiger partial charge < -0.3 is 34.3 Å². The minimum atomic E-state index is -0.670. The van der Waals surface area contributed by atoms with E-state index in [1.165, 1.54) is 0 Å². The van der Waals surface area contributed by atoms with E-state index in [0.29, 0.717) is 49.2 Å². The number of amides is 2. The van der Waals surface area contributed by atoms with Crippen LogP contribution in [0.1, 0.15) is 17.2 Å². The van der Waals surface area contributed by atoms with Crippen molar-refractivity contribution in [1.29, 1.82) is 0 Å². The Morgan fingerprint density at radius 1 is 0.943 bits per heavy atom. The molecule has 2 heterocycles. The molecule has 35 heavy (non-hydrogen) atoms. The van der Waals surface area contributed by atoms with Crippen LogP contribution in [0.3, 0.4) is 0 Å². The summed E-state index contributed by atoms with van der Waals surface area (Å²) in [6, 6.07) is 11.2. The topological polar surface area (TPSA) is 108 Å². The fourth-order valence-electron chi connectivity index (χ4n) is 4.17. The Kier molecular flexibility index (Phi) is 8.27. The maximum absolute atomic E-state index is 12.5. The maximum atomic E-state index is 12.5. The van der Waals surface area contributed by atoms with E-state index in [0.717, 1.165) is 24.2 Å². The smallest absolute Gasteiger partial charge is 0.309 e. The Morgan fingerprint density at radius 2 is 1.69 bits per heavy atom. The first-order valence-corrected chi connectivity index (χ1v) is 11.6. The van der Waals surface area contributed by atoms with Crippen molar-refractivity contribution < 1.29 is 33.3 Å². The Bertz CT molecular complexity index is 1040. The minimum absolute atomic E-state index is 0.128. The summed E-state index contributed by atoms with van der Waals surface area (Å²) in [4.78, 5) is 27.2. The van der Waals surface area contributed by atoms with E-state index in [1.54, 1.807) is 14.2 Å². The number of nitrogens with zero attached hydrogens (tertiary/aromatic N) is 1. The molecule has 0 aliphatic carbocycles. The van der Waals surface area contributed by atoms with Crippen LogP contribution in [0.15, 0.2) is 36.4 Å². The van der Waals surface area contributed by atoms with Crippen molar-refractivity contribution in [3.63, 3.8) is 0 Å². The van der Waals surface area contributed by atoms with Crippen molar-refractivity contribution in [3.8, 4) is 23.0 Å². The molecule has 0 unspecified atom stereocenters. The third-order valence-electron chi connectivity index (χ3n) is 6.08. The number of hydrogen-bond donors (Lipinski definition) is 2. The maximum Gasteiger partial charge on any atom is 0.309 e. The summed E-state index contributed by atoms with van der Waals surface area (Å²) in [6.07, 6.45) is 0.549. The van der Waals surface area contributed by atoms with E-state index in [2.05, 4.69) is 15.5 Å². The zero-order chi connectivity index (χ0) is 24.6. The van der Waals surface area contributed by atoms with Gasteiger partial charge in [-0.15, -0.1) is 0 Å². The highest BCUT2D eigenvalue weighted by atomic mass is 16.7. The third kappa shape index (κ3) is 6.14. The van der Waals surface area contributed by atoms with Crippen molar-refractivity contribution in [2.24, 2.45) is 0 Å². The van der Waals surface area contributed by atoms with Gasteiger partial charge in [0.1, 0.15) is 0 Å². The highest BCUT2D eigenvalue weighted by Gasteiger charge is 2.26. The van der Waals surface area contributed by atoms with Gasteiger partial charge in [0, 0.05) is 26.2 Å². The van der Waals surface area contributed by atoms with Crippen molar-refractivity contribution in [3.05, 3.63) is 47.5 Å². The number of benzene rings is 2. The molecule has 1 fully saturated rings. The number of morpholine rings is 1. The highest BCUT2D eigenvalue weighted by molar-refractivity contribution is 6.35. The Morgan fingerprint density at radius 3 is 2.46 bits per heavy atom. The molecule has 0 radical (unpaired) electrons. The second-order valence-corrected chi connectivity index (χ2v) is 8.18. The van der Waals surface area contributed by atoms with E-state index in [-0.39, 0.29) is 19.4 Å². The molecule has 0 spiro atoms. The molecule has 188 valence electrons. The number of ether oxygens (including phenoxy) is 5. The third-order valence-corrected chi connectivity index (χ3v) is 6.08. The molecule has 2 aliphatic heterocycles. The zero-order valence-electron chi connectivity index (χ0n) is 20.0. The van der Waals surface area contributed by atoms with Crippen molar-refractivity contribution >= 4 is 11.8 Å². The summed E-state index contributed by atoms with van der Waals surface area (Å²) in [5.74, 6) is 1.30. The van der Waals surface area contributed by atoms with Crippen molar-refractivity contribution in [2.45, 2.75) is 12.5 Å².